The van der Waals surface area contributed by atoms with E-state index in [4.69, 9.17) is 4.74 Å². The number of rotatable bonds is 1. The summed E-state index contributed by atoms with van der Waals surface area (Å²) in [5.74, 6) is 0.353. The first kappa shape index (κ1) is 8.52. The van der Waals surface area contributed by atoms with E-state index in [1.165, 1.54) is 0 Å². The molecule has 0 unspecified atom stereocenters. The van der Waals surface area contributed by atoms with Crippen LogP contribution in [0.5, 0.6) is 0 Å². The van der Waals surface area contributed by atoms with E-state index in [1.54, 1.807) is 0 Å². The summed E-state index contributed by atoms with van der Waals surface area (Å²) in [6.45, 7) is 6.33. The number of aliphatic hydroxyl groups is 1. The first-order valence-electron chi connectivity index (χ1n) is 4.86. The number of hydrogen-bond acceptors (Lipinski definition) is 2. The van der Waals surface area contributed by atoms with Crippen LogP contribution in [-0.4, -0.2) is 22.4 Å². The summed E-state index contributed by atoms with van der Waals surface area (Å²) in [6.07, 6.45) is 3.09. The second-order valence-electron chi connectivity index (χ2n) is 4.88. The molecule has 0 spiro atoms. The van der Waals surface area contributed by atoms with E-state index in [0.29, 0.717) is 12.0 Å². The molecule has 2 rings (SSSR count). The predicted molar refractivity (Wildman–Crippen MR) is 46.9 cm³/mol. The number of epoxide rings is 1. The molecular weight excluding hydrogens is 152 g/mol. The van der Waals surface area contributed by atoms with Crippen molar-refractivity contribution in [3.63, 3.8) is 0 Å². The lowest BCUT2D eigenvalue weighted by atomic mass is 9.74. The Kier molecular flexibility index (Phi) is 1.59. The van der Waals surface area contributed by atoms with Crippen LogP contribution in [0.1, 0.15) is 40.0 Å². The van der Waals surface area contributed by atoms with Crippen molar-refractivity contribution in [2.75, 3.05) is 0 Å². The predicted octanol–water partition coefficient (Wildman–Crippen LogP) is 1.71. The Balaban J connectivity index is 2.05. The maximum Gasteiger partial charge on any atom is 0.0922 e. The largest absolute Gasteiger partial charge is 0.390 e. The highest BCUT2D eigenvalue weighted by Gasteiger charge is 2.59. The molecular formula is C10H18O2. The molecule has 1 N–H and O–H groups in total. The Morgan fingerprint density at radius 2 is 2.08 bits per heavy atom. The second-order valence-corrected chi connectivity index (χ2v) is 4.88. The third kappa shape index (κ3) is 1.09. The van der Waals surface area contributed by atoms with E-state index >= 15 is 0 Å². The van der Waals surface area contributed by atoms with Crippen molar-refractivity contribution >= 4 is 0 Å². The molecule has 0 aromatic carbocycles. The summed E-state index contributed by atoms with van der Waals surface area (Å²) in [7, 11) is 0. The van der Waals surface area contributed by atoms with Crippen LogP contribution in [0.25, 0.3) is 0 Å². The van der Waals surface area contributed by atoms with E-state index in [2.05, 4.69) is 20.8 Å². The number of fused-ring (bicyclic) bond motifs is 1. The molecule has 2 aliphatic rings. The van der Waals surface area contributed by atoms with Crippen LogP contribution in [0, 0.1) is 5.92 Å². The summed E-state index contributed by atoms with van der Waals surface area (Å²) >= 11 is 0. The Morgan fingerprint density at radius 1 is 1.42 bits per heavy atom. The summed E-state index contributed by atoms with van der Waals surface area (Å²) in [6, 6.07) is 0. The van der Waals surface area contributed by atoms with Crippen LogP contribution in [0.15, 0.2) is 0 Å². The lowest BCUT2D eigenvalue weighted by Crippen LogP contribution is -2.41. The van der Waals surface area contributed by atoms with Crippen molar-refractivity contribution in [3.8, 4) is 0 Å². The highest BCUT2D eigenvalue weighted by molar-refractivity contribution is 5.08. The Hall–Kier alpha value is -0.0800. The van der Waals surface area contributed by atoms with E-state index in [-0.39, 0.29) is 5.60 Å². The van der Waals surface area contributed by atoms with Crippen LogP contribution in [-0.2, 0) is 4.74 Å². The van der Waals surface area contributed by atoms with Gasteiger partial charge in [0.2, 0.25) is 0 Å². The smallest absolute Gasteiger partial charge is 0.0922 e. The van der Waals surface area contributed by atoms with E-state index in [1.807, 2.05) is 0 Å². The molecule has 1 aliphatic heterocycles. The van der Waals surface area contributed by atoms with Crippen LogP contribution in [0.2, 0.25) is 0 Å². The molecule has 1 saturated carbocycles. The van der Waals surface area contributed by atoms with Crippen molar-refractivity contribution < 1.29 is 9.84 Å². The van der Waals surface area contributed by atoms with Crippen LogP contribution in [0.3, 0.4) is 0 Å². The molecule has 1 heterocycles. The monoisotopic (exact) mass is 170 g/mol. The lowest BCUT2D eigenvalue weighted by Gasteiger charge is -2.35. The molecule has 1 aliphatic carbocycles. The fraction of sp³-hybridized carbons (Fsp3) is 1.00. The van der Waals surface area contributed by atoms with Gasteiger partial charge in [-0.05, 0) is 25.7 Å². The zero-order chi connectivity index (χ0) is 8.98. The van der Waals surface area contributed by atoms with Gasteiger partial charge in [-0.2, -0.15) is 0 Å². The first-order chi connectivity index (χ1) is 5.46. The standard InChI is InChI=1S/C10H18O2/c1-7(2)10(11)5-4-9(3)8(6-10)12-9/h7-8,11H,4-6H2,1-3H3/t8-,9+,10-/m0/s1. The Morgan fingerprint density at radius 3 is 2.58 bits per heavy atom. The molecule has 70 valence electrons. The van der Waals surface area contributed by atoms with Gasteiger partial charge < -0.3 is 9.84 Å². The summed E-state index contributed by atoms with van der Waals surface area (Å²) in [4.78, 5) is 0. The highest BCUT2D eigenvalue weighted by Crippen LogP contribution is 2.52. The quantitative estimate of drug-likeness (QED) is 0.608. The van der Waals surface area contributed by atoms with Gasteiger partial charge in [0.15, 0.2) is 0 Å². The lowest BCUT2D eigenvalue weighted by molar-refractivity contribution is -0.0349. The van der Waals surface area contributed by atoms with Gasteiger partial charge >= 0.3 is 0 Å². The van der Waals surface area contributed by atoms with E-state index in [0.717, 1.165) is 19.3 Å². The highest BCUT2D eigenvalue weighted by atomic mass is 16.6. The summed E-state index contributed by atoms with van der Waals surface area (Å²) < 4.78 is 5.55. The van der Waals surface area contributed by atoms with Gasteiger partial charge in [0, 0.05) is 6.42 Å². The van der Waals surface area contributed by atoms with Gasteiger partial charge in [0.25, 0.3) is 0 Å². The molecule has 2 nitrogen and oxygen atoms in total. The van der Waals surface area contributed by atoms with Gasteiger partial charge in [0.05, 0.1) is 17.3 Å². The van der Waals surface area contributed by atoms with Gasteiger partial charge in [-0.25, -0.2) is 0 Å². The number of hydrogen-bond donors (Lipinski definition) is 1. The molecule has 0 radical (unpaired) electrons. The van der Waals surface area contributed by atoms with Gasteiger partial charge in [-0.1, -0.05) is 13.8 Å². The zero-order valence-electron chi connectivity index (χ0n) is 8.13. The first-order valence-corrected chi connectivity index (χ1v) is 4.86. The second kappa shape index (κ2) is 2.24. The number of ether oxygens (including phenoxy) is 1. The topological polar surface area (TPSA) is 32.8 Å². The summed E-state index contributed by atoms with van der Waals surface area (Å²) in [5.41, 5.74) is -0.332. The molecule has 0 aromatic heterocycles. The fourth-order valence-corrected chi connectivity index (χ4v) is 2.18. The average Bonchev–Trinajstić information content (AvgIpc) is 2.60. The molecule has 0 aromatic rings. The van der Waals surface area contributed by atoms with Gasteiger partial charge in [0.1, 0.15) is 0 Å². The maximum absolute atomic E-state index is 10.2. The van der Waals surface area contributed by atoms with Crippen LogP contribution < -0.4 is 0 Å². The van der Waals surface area contributed by atoms with Crippen molar-refractivity contribution in [1.29, 1.82) is 0 Å². The van der Waals surface area contributed by atoms with Crippen molar-refractivity contribution in [3.05, 3.63) is 0 Å². The van der Waals surface area contributed by atoms with Crippen molar-refractivity contribution in [2.45, 2.75) is 57.3 Å². The third-order valence-corrected chi connectivity index (χ3v) is 3.70. The minimum atomic E-state index is -0.458. The minimum absolute atomic E-state index is 0.126. The van der Waals surface area contributed by atoms with Gasteiger partial charge in [-0.15, -0.1) is 0 Å². The maximum atomic E-state index is 10.2. The molecule has 2 heteroatoms. The molecule has 0 amide bonds. The Bertz CT molecular complexity index is 202. The average molecular weight is 170 g/mol. The van der Waals surface area contributed by atoms with Crippen molar-refractivity contribution in [2.24, 2.45) is 5.92 Å². The third-order valence-electron chi connectivity index (χ3n) is 3.70. The van der Waals surface area contributed by atoms with Crippen LogP contribution >= 0.6 is 0 Å². The summed E-state index contributed by atoms with van der Waals surface area (Å²) in [5, 5.41) is 10.2. The zero-order valence-corrected chi connectivity index (χ0v) is 8.13. The van der Waals surface area contributed by atoms with E-state index < -0.39 is 5.60 Å². The van der Waals surface area contributed by atoms with E-state index in [9.17, 15) is 5.11 Å². The van der Waals surface area contributed by atoms with Crippen molar-refractivity contribution in [1.82, 2.24) is 0 Å². The fourth-order valence-electron chi connectivity index (χ4n) is 2.18. The molecule has 12 heavy (non-hydrogen) atoms. The molecule has 1 saturated heterocycles. The van der Waals surface area contributed by atoms with Gasteiger partial charge in [-0.3, -0.25) is 0 Å². The molecule has 3 atom stereocenters. The minimum Gasteiger partial charge on any atom is -0.390 e. The molecule has 2 fully saturated rings. The normalized spacial score (nSPS) is 52.2. The SMILES string of the molecule is CC(C)[C@]1(O)CC[C@@]2(C)O[C@H]2C1. The molecule has 0 bridgehead atoms. The van der Waals surface area contributed by atoms with Crippen LogP contribution in [0.4, 0.5) is 0 Å². The Labute approximate surface area is 73.9 Å².